The van der Waals surface area contributed by atoms with E-state index in [1.54, 1.807) is 18.4 Å². The van der Waals surface area contributed by atoms with Crippen LogP contribution in [0.5, 0.6) is 11.5 Å². The van der Waals surface area contributed by atoms with Crippen LogP contribution in [0.4, 0.5) is 0 Å². The zero-order valence-electron chi connectivity index (χ0n) is 23.9. The lowest BCUT2D eigenvalue weighted by Gasteiger charge is -2.44. The van der Waals surface area contributed by atoms with Crippen LogP contribution in [0.3, 0.4) is 0 Å². The molecule has 2 N–H and O–H groups in total. The van der Waals surface area contributed by atoms with Crippen LogP contribution in [0.1, 0.15) is 56.9 Å². The van der Waals surface area contributed by atoms with E-state index in [0.717, 1.165) is 32.4 Å². The number of imide groups is 1. The number of hydrogen-bond acceptors (Lipinski definition) is 7. The quantitative estimate of drug-likeness (QED) is 0.139. The van der Waals surface area contributed by atoms with Crippen molar-refractivity contribution in [3.05, 3.63) is 60.4 Å². The maximum absolute atomic E-state index is 13.8. The number of aromatic hydroxyl groups is 1. The number of allylic oxidation sites excluding steroid dienone is 2. The number of hydrogen-bond donors (Lipinski definition) is 2. The number of benzene rings is 1. The van der Waals surface area contributed by atoms with Crippen molar-refractivity contribution in [2.75, 3.05) is 7.11 Å². The molecule has 7 nitrogen and oxygen atoms in total. The highest BCUT2D eigenvalue weighted by atomic mass is 127. The summed E-state index contributed by atoms with van der Waals surface area (Å²) in [6.07, 6.45) is 4.96. The second-order valence-electron chi connectivity index (χ2n) is 11.5. The number of methoxy groups -OCH3 is 1. The smallest absolute Gasteiger partial charge is 0.455 e. The Hall–Kier alpha value is -2.15. The summed E-state index contributed by atoms with van der Waals surface area (Å²) >= 11 is 3.65. The second kappa shape index (κ2) is 12.6. The molecule has 5 rings (SSSR count). The number of thiophene rings is 1. The summed E-state index contributed by atoms with van der Waals surface area (Å²) in [4.78, 5) is 29.8. The predicted molar refractivity (Wildman–Crippen MR) is 169 cm³/mol. The van der Waals surface area contributed by atoms with Gasteiger partial charge < -0.3 is 19.5 Å². The summed E-state index contributed by atoms with van der Waals surface area (Å²) in [7, 11) is 0.563. The number of ether oxygens (including phenoxy) is 1. The van der Waals surface area contributed by atoms with Gasteiger partial charge in [-0.15, -0.1) is 11.3 Å². The minimum atomic E-state index is -0.979. The van der Waals surface area contributed by atoms with E-state index in [4.69, 9.17) is 9.39 Å². The average Bonchev–Trinajstić information content (AvgIpc) is 3.54. The van der Waals surface area contributed by atoms with E-state index >= 15 is 0 Å². The van der Waals surface area contributed by atoms with Crippen molar-refractivity contribution < 1.29 is 29.1 Å². The van der Waals surface area contributed by atoms with Crippen molar-refractivity contribution in [1.29, 1.82) is 0 Å². The van der Waals surface area contributed by atoms with Gasteiger partial charge in [0, 0.05) is 4.88 Å². The van der Waals surface area contributed by atoms with Gasteiger partial charge in [0.2, 0.25) is 11.8 Å². The van der Waals surface area contributed by atoms with Crippen molar-refractivity contribution in [2.45, 2.75) is 65.4 Å². The number of amides is 2. The van der Waals surface area contributed by atoms with Crippen molar-refractivity contribution in [1.82, 2.24) is 4.90 Å². The summed E-state index contributed by atoms with van der Waals surface area (Å²) in [5, 5.41) is 23.0. The summed E-state index contributed by atoms with van der Waals surface area (Å²) in [5.74, 6) is -0.455. The summed E-state index contributed by atoms with van der Waals surface area (Å²) in [5.41, 5.74) is 4.49. The normalized spacial score (nSPS) is 24.8. The first-order valence-corrected chi connectivity index (χ1v) is 16.3. The number of halogens is 1. The lowest BCUT2D eigenvalue weighted by Crippen LogP contribution is -2.46. The van der Waals surface area contributed by atoms with Crippen LogP contribution in [-0.2, 0) is 20.8 Å². The van der Waals surface area contributed by atoms with Gasteiger partial charge in [0.05, 0.1) is 35.2 Å². The Labute approximate surface area is 259 Å². The highest BCUT2D eigenvalue weighted by Gasteiger charge is 2.57. The molecule has 2 aliphatic heterocycles. The summed E-state index contributed by atoms with van der Waals surface area (Å²) in [6.45, 7) is 6.71. The zero-order valence-corrected chi connectivity index (χ0v) is 26.9. The molecule has 4 atom stereocenters. The molecule has 2 amide bonds. The van der Waals surface area contributed by atoms with E-state index in [-0.39, 0.29) is 41.4 Å². The number of rotatable bonds is 9. The molecule has 3 heterocycles. The van der Waals surface area contributed by atoms with E-state index in [1.165, 1.54) is 16.0 Å². The molecule has 0 saturated carbocycles. The van der Waals surface area contributed by atoms with Gasteiger partial charge in [0.15, 0.2) is 11.5 Å². The van der Waals surface area contributed by atoms with Crippen molar-refractivity contribution in [3.63, 3.8) is 0 Å². The number of phenolic OH excluding ortho intramolecular Hbond substituents is 1. The fourth-order valence-corrected chi connectivity index (χ4v) is 8.08. The Morgan fingerprint density at radius 3 is 2.73 bits per heavy atom. The van der Waals surface area contributed by atoms with Crippen LogP contribution in [0, 0.1) is 27.2 Å². The van der Waals surface area contributed by atoms with Gasteiger partial charge >= 0.3 is 7.12 Å². The van der Waals surface area contributed by atoms with E-state index < -0.39 is 13.0 Å². The fraction of sp³-hybridized carbons (Fsp3) is 0.484. The van der Waals surface area contributed by atoms with Gasteiger partial charge in [-0.3, -0.25) is 14.5 Å². The standard InChI is InChI=1S/C31H37BINO6S/c1-5-18(11-19-12-24(33)29(35)26(13-19)39-4)8-9-25-27-21(17(2)3)14-22-28(23(27)15-32(38)40-25)31(37)34(30(22)36)16-20-7-6-10-41-20/h6-7,10-13,17,22-23,25,28,35,38H,5,8-9,14-16H2,1-4H3/b18-11+/t22-,23+,25-,28-/m1/s1. The van der Waals surface area contributed by atoms with Gasteiger partial charge in [-0.2, -0.15) is 0 Å². The molecule has 3 aliphatic rings. The third kappa shape index (κ3) is 6.03. The van der Waals surface area contributed by atoms with Crippen LogP contribution in [0.2, 0.25) is 6.32 Å². The lowest BCUT2D eigenvalue weighted by atomic mass is 9.57. The first-order chi connectivity index (χ1) is 19.6. The van der Waals surface area contributed by atoms with Crippen LogP contribution >= 0.6 is 33.9 Å². The monoisotopic (exact) mass is 689 g/mol. The average molecular weight is 689 g/mol. The molecule has 2 saturated heterocycles. The number of phenols is 1. The maximum Gasteiger partial charge on any atom is 0.455 e. The Morgan fingerprint density at radius 2 is 2.07 bits per heavy atom. The highest BCUT2D eigenvalue weighted by molar-refractivity contribution is 14.1. The number of carbonyl (C=O) groups excluding carboxylic acids is 2. The third-order valence-electron chi connectivity index (χ3n) is 8.75. The molecule has 0 unspecified atom stereocenters. The molecule has 2 fully saturated rings. The largest absolute Gasteiger partial charge is 0.504 e. The molecule has 0 spiro atoms. The summed E-state index contributed by atoms with van der Waals surface area (Å²) in [6, 6.07) is 7.65. The molecule has 10 heteroatoms. The van der Waals surface area contributed by atoms with Crippen LogP contribution in [0.25, 0.3) is 6.08 Å². The molecular weight excluding hydrogens is 652 g/mol. The van der Waals surface area contributed by atoms with E-state index in [2.05, 4.69) is 49.4 Å². The van der Waals surface area contributed by atoms with Gasteiger partial charge in [0.1, 0.15) is 0 Å². The van der Waals surface area contributed by atoms with Crippen LogP contribution < -0.4 is 4.74 Å². The minimum Gasteiger partial charge on any atom is -0.504 e. The van der Waals surface area contributed by atoms with E-state index in [9.17, 15) is 19.7 Å². The van der Waals surface area contributed by atoms with Crippen LogP contribution in [-0.4, -0.2) is 47.2 Å². The molecular formula is C31H37BINO6S. The molecule has 1 aromatic carbocycles. The molecule has 0 radical (unpaired) electrons. The second-order valence-corrected chi connectivity index (χ2v) is 13.7. The fourth-order valence-electron chi connectivity index (χ4n) is 6.77. The number of nitrogens with zero attached hydrogens (tertiary/aromatic N) is 1. The number of carbonyl (C=O) groups is 2. The topological polar surface area (TPSA) is 96.3 Å². The highest BCUT2D eigenvalue weighted by Crippen LogP contribution is 2.52. The molecule has 2 aromatic rings. The first kappa shape index (κ1) is 30.3. The zero-order chi connectivity index (χ0) is 29.4. The van der Waals surface area contributed by atoms with E-state index in [0.29, 0.717) is 31.5 Å². The Kier molecular flexibility index (Phi) is 9.32. The van der Waals surface area contributed by atoms with Gasteiger partial charge in [-0.1, -0.05) is 44.1 Å². The molecule has 41 heavy (non-hydrogen) atoms. The molecule has 218 valence electrons. The summed E-state index contributed by atoms with van der Waals surface area (Å²) < 4.78 is 12.2. The third-order valence-corrected chi connectivity index (χ3v) is 10.4. The first-order valence-electron chi connectivity index (χ1n) is 14.3. The Bertz CT molecular complexity index is 1370. The maximum atomic E-state index is 13.8. The minimum absolute atomic E-state index is 0.0849. The van der Waals surface area contributed by atoms with E-state index in [1.807, 2.05) is 29.6 Å². The number of likely N-dealkylation sites (tertiary alicyclic amines) is 1. The lowest BCUT2D eigenvalue weighted by molar-refractivity contribution is -0.140. The van der Waals surface area contributed by atoms with Gasteiger partial charge in [0.25, 0.3) is 0 Å². The molecule has 0 bridgehead atoms. The van der Waals surface area contributed by atoms with Crippen molar-refractivity contribution in [3.8, 4) is 11.5 Å². The SMILES string of the molecule is CC/C(=C\c1cc(I)c(O)c(OC)c1)CC[C@H]1OB(O)C[C@H]2C1=C(C(C)C)C[C@H]1C(=O)N(Cc3cccs3)C(=O)[C@H]12. The van der Waals surface area contributed by atoms with Crippen LogP contribution in [0.15, 0.2) is 46.4 Å². The van der Waals surface area contributed by atoms with Gasteiger partial charge in [-0.25, -0.2) is 0 Å². The Balaban J connectivity index is 1.41. The molecule has 1 aromatic heterocycles. The number of fused-ring (bicyclic) bond motifs is 3. The van der Waals surface area contributed by atoms with Gasteiger partial charge in [-0.05, 0) is 101 Å². The predicted octanol–water partition coefficient (Wildman–Crippen LogP) is 6.29. The molecule has 1 aliphatic carbocycles. The van der Waals surface area contributed by atoms with Crippen molar-refractivity contribution in [2.24, 2.45) is 23.7 Å². The van der Waals surface area contributed by atoms with Crippen molar-refractivity contribution >= 4 is 58.9 Å². The Morgan fingerprint density at radius 1 is 1.29 bits per heavy atom.